The Morgan fingerprint density at radius 3 is 2.79 bits per heavy atom. The molecule has 1 heterocycles. The van der Waals surface area contributed by atoms with Crippen molar-refractivity contribution >= 4 is 5.91 Å². The van der Waals surface area contributed by atoms with Gasteiger partial charge >= 0.3 is 0 Å². The minimum atomic E-state index is -0.768. The molecule has 0 aliphatic heterocycles. The number of nitrogens with zero attached hydrogens (tertiary/aromatic N) is 2. The van der Waals surface area contributed by atoms with E-state index in [1.807, 2.05) is 24.6 Å². The van der Waals surface area contributed by atoms with Gasteiger partial charge in [0.25, 0.3) is 5.91 Å². The number of halogens is 2. The summed E-state index contributed by atoms with van der Waals surface area (Å²) >= 11 is 0. The molecule has 28 heavy (non-hydrogen) atoms. The van der Waals surface area contributed by atoms with Gasteiger partial charge in [0.15, 0.2) is 11.6 Å². The number of rotatable bonds is 7. The molecule has 0 saturated heterocycles. The fourth-order valence-corrected chi connectivity index (χ4v) is 2.88. The van der Waals surface area contributed by atoms with Crippen LogP contribution in [-0.4, -0.2) is 15.7 Å². The summed E-state index contributed by atoms with van der Waals surface area (Å²) in [6, 6.07) is 11.7. The fraction of sp³-hybridized carbons (Fsp3) is 0.238. The molecule has 0 aliphatic rings. The predicted octanol–water partition coefficient (Wildman–Crippen LogP) is 4.25. The number of nitrogens with one attached hydrogen (secondary N) is 1. The van der Waals surface area contributed by atoms with Crippen molar-refractivity contribution in [3.05, 3.63) is 83.2 Å². The summed E-state index contributed by atoms with van der Waals surface area (Å²) in [5.74, 6) is -1.71. The Morgan fingerprint density at radius 2 is 2.04 bits per heavy atom. The summed E-state index contributed by atoms with van der Waals surface area (Å²) in [5.41, 5.74) is 2.08. The first-order chi connectivity index (χ1) is 13.5. The van der Waals surface area contributed by atoms with Gasteiger partial charge in [0.05, 0.1) is 11.7 Å². The largest absolute Gasteiger partial charge is 0.486 e. The Bertz CT molecular complexity index is 972. The number of ether oxygens (including phenoxy) is 1. The molecule has 3 aromatic rings. The maximum absolute atomic E-state index is 13.7. The van der Waals surface area contributed by atoms with Crippen molar-refractivity contribution in [2.75, 3.05) is 0 Å². The second-order valence-corrected chi connectivity index (χ2v) is 6.33. The van der Waals surface area contributed by atoms with Gasteiger partial charge in [-0.05, 0) is 49.7 Å². The average Bonchev–Trinajstić information content (AvgIpc) is 3.16. The Balaban J connectivity index is 1.66. The van der Waals surface area contributed by atoms with E-state index >= 15 is 0 Å². The quantitative estimate of drug-likeness (QED) is 0.661. The van der Waals surface area contributed by atoms with E-state index in [0.29, 0.717) is 11.1 Å². The zero-order valence-electron chi connectivity index (χ0n) is 15.7. The van der Waals surface area contributed by atoms with Crippen LogP contribution in [0, 0.1) is 11.6 Å². The number of hydrogen-bond donors (Lipinski definition) is 1. The van der Waals surface area contributed by atoms with Crippen LogP contribution < -0.4 is 10.1 Å². The van der Waals surface area contributed by atoms with Crippen LogP contribution in [0.3, 0.4) is 0 Å². The maximum Gasteiger partial charge on any atom is 0.251 e. The normalized spacial score (nSPS) is 11.9. The molecule has 0 fully saturated rings. The van der Waals surface area contributed by atoms with Gasteiger partial charge < -0.3 is 10.1 Å². The van der Waals surface area contributed by atoms with Crippen molar-refractivity contribution in [1.29, 1.82) is 0 Å². The molecule has 0 aliphatic carbocycles. The van der Waals surface area contributed by atoms with E-state index in [2.05, 4.69) is 10.4 Å². The lowest BCUT2D eigenvalue weighted by Gasteiger charge is -2.16. The van der Waals surface area contributed by atoms with Crippen molar-refractivity contribution in [1.82, 2.24) is 15.1 Å². The molecular weight excluding hydrogens is 364 g/mol. The van der Waals surface area contributed by atoms with E-state index in [1.54, 1.807) is 30.5 Å². The second-order valence-electron chi connectivity index (χ2n) is 6.33. The number of aryl methyl sites for hydroxylation is 1. The third-order valence-corrected chi connectivity index (χ3v) is 4.32. The average molecular weight is 385 g/mol. The van der Waals surface area contributed by atoms with Crippen LogP contribution in [0.5, 0.6) is 5.75 Å². The van der Waals surface area contributed by atoms with Crippen LogP contribution in [0.15, 0.2) is 54.7 Å². The molecule has 5 nitrogen and oxygen atoms in total. The Labute approximate surface area is 161 Å². The standard InChI is InChI=1S/C21H21F2N3O2/c1-3-26-19(9-10-24-26)14(2)25-21(27)16-6-4-5-15(11-16)13-28-20-8-7-17(22)12-18(20)23/h4-12,14H,3,13H2,1-2H3,(H,25,27). The number of carbonyl (C=O) groups excluding carboxylic acids is 1. The summed E-state index contributed by atoms with van der Waals surface area (Å²) in [5, 5.41) is 7.16. The van der Waals surface area contributed by atoms with E-state index in [-0.39, 0.29) is 24.3 Å². The highest BCUT2D eigenvalue weighted by molar-refractivity contribution is 5.94. The van der Waals surface area contributed by atoms with Gasteiger partial charge in [0.2, 0.25) is 0 Å². The highest BCUT2D eigenvalue weighted by Gasteiger charge is 2.15. The van der Waals surface area contributed by atoms with Gasteiger partial charge in [0, 0.05) is 24.4 Å². The molecule has 0 spiro atoms. The number of aromatic nitrogens is 2. The zero-order valence-corrected chi connectivity index (χ0v) is 15.7. The van der Waals surface area contributed by atoms with Crippen molar-refractivity contribution in [2.45, 2.75) is 33.0 Å². The lowest BCUT2D eigenvalue weighted by Crippen LogP contribution is -2.28. The van der Waals surface area contributed by atoms with Gasteiger partial charge in [-0.15, -0.1) is 0 Å². The number of benzene rings is 2. The maximum atomic E-state index is 13.7. The van der Waals surface area contributed by atoms with Crippen molar-refractivity contribution < 1.29 is 18.3 Å². The summed E-state index contributed by atoms with van der Waals surface area (Å²) in [4.78, 5) is 12.6. The number of amides is 1. The van der Waals surface area contributed by atoms with E-state index in [9.17, 15) is 13.6 Å². The van der Waals surface area contributed by atoms with E-state index in [4.69, 9.17) is 4.74 Å². The summed E-state index contributed by atoms with van der Waals surface area (Å²) < 4.78 is 33.8. The van der Waals surface area contributed by atoms with E-state index in [0.717, 1.165) is 24.4 Å². The SMILES string of the molecule is CCn1nccc1C(C)NC(=O)c1cccc(COc2ccc(F)cc2F)c1. The third-order valence-electron chi connectivity index (χ3n) is 4.32. The van der Waals surface area contributed by atoms with Crippen molar-refractivity contribution in [2.24, 2.45) is 0 Å². The first-order valence-corrected chi connectivity index (χ1v) is 8.97. The molecule has 1 atom stereocenters. The van der Waals surface area contributed by atoms with Crippen molar-refractivity contribution in [3.63, 3.8) is 0 Å². The number of hydrogen-bond acceptors (Lipinski definition) is 3. The molecule has 1 aromatic heterocycles. The molecule has 0 radical (unpaired) electrons. The first-order valence-electron chi connectivity index (χ1n) is 8.97. The zero-order chi connectivity index (χ0) is 20.1. The van der Waals surface area contributed by atoms with Crippen LogP contribution in [0.4, 0.5) is 8.78 Å². The topological polar surface area (TPSA) is 56.2 Å². The predicted molar refractivity (Wildman–Crippen MR) is 101 cm³/mol. The van der Waals surface area contributed by atoms with Gasteiger partial charge in [-0.1, -0.05) is 12.1 Å². The first kappa shape index (κ1) is 19.5. The molecule has 0 saturated carbocycles. The van der Waals surface area contributed by atoms with Gasteiger partial charge in [-0.2, -0.15) is 5.10 Å². The molecule has 1 amide bonds. The lowest BCUT2D eigenvalue weighted by atomic mass is 10.1. The minimum absolute atomic E-state index is 0.0438. The smallest absolute Gasteiger partial charge is 0.251 e. The summed E-state index contributed by atoms with van der Waals surface area (Å²) in [7, 11) is 0. The van der Waals surface area contributed by atoms with Crippen LogP contribution in [0.25, 0.3) is 0 Å². The molecule has 3 rings (SSSR count). The monoisotopic (exact) mass is 385 g/mol. The fourth-order valence-electron chi connectivity index (χ4n) is 2.88. The Kier molecular flexibility index (Phi) is 6.03. The summed E-state index contributed by atoms with van der Waals surface area (Å²) in [6.07, 6.45) is 1.70. The Hall–Kier alpha value is -3.22. The van der Waals surface area contributed by atoms with Crippen LogP contribution in [0.1, 0.15) is 41.5 Å². The van der Waals surface area contributed by atoms with Crippen LogP contribution >= 0.6 is 0 Å². The molecule has 0 bridgehead atoms. The molecule has 1 N–H and O–H groups in total. The van der Waals surface area contributed by atoms with Crippen LogP contribution in [0.2, 0.25) is 0 Å². The highest BCUT2D eigenvalue weighted by Crippen LogP contribution is 2.19. The van der Waals surface area contributed by atoms with Gasteiger partial charge in [-0.25, -0.2) is 8.78 Å². The molecule has 146 valence electrons. The lowest BCUT2D eigenvalue weighted by molar-refractivity contribution is 0.0938. The van der Waals surface area contributed by atoms with Gasteiger partial charge in [0.1, 0.15) is 12.4 Å². The molecule has 2 aromatic carbocycles. The third kappa shape index (κ3) is 4.54. The Morgan fingerprint density at radius 1 is 1.21 bits per heavy atom. The van der Waals surface area contributed by atoms with Crippen LogP contribution in [-0.2, 0) is 13.2 Å². The molecular formula is C21H21F2N3O2. The summed E-state index contributed by atoms with van der Waals surface area (Å²) in [6.45, 7) is 4.65. The second kappa shape index (κ2) is 8.65. The highest BCUT2D eigenvalue weighted by atomic mass is 19.1. The van der Waals surface area contributed by atoms with E-state index in [1.165, 1.54) is 6.07 Å². The van der Waals surface area contributed by atoms with Gasteiger partial charge in [-0.3, -0.25) is 9.48 Å². The molecule has 1 unspecified atom stereocenters. The van der Waals surface area contributed by atoms with Crippen molar-refractivity contribution in [3.8, 4) is 5.75 Å². The minimum Gasteiger partial charge on any atom is -0.486 e. The molecule has 7 heteroatoms. The van der Waals surface area contributed by atoms with E-state index < -0.39 is 11.6 Å². The number of carbonyl (C=O) groups is 1.